The first-order valence-corrected chi connectivity index (χ1v) is 9.39. The Balaban J connectivity index is 1.61. The first kappa shape index (κ1) is 17.5. The predicted molar refractivity (Wildman–Crippen MR) is 108 cm³/mol. The zero-order valence-electron chi connectivity index (χ0n) is 15.4. The molecule has 5 nitrogen and oxygen atoms in total. The Bertz CT molecular complexity index is 1030. The third-order valence-corrected chi connectivity index (χ3v) is 5.32. The number of benzene rings is 2. The zero-order valence-corrected chi connectivity index (χ0v) is 15.4. The van der Waals surface area contributed by atoms with Crippen LogP contribution >= 0.6 is 0 Å². The van der Waals surface area contributed by atoms with Crippen LogP contribution in [0, 0.1) is 0 Å². The van der Waals surface area contributed by atoms with Crippen molar-refractivity contribution in [1.82, 2.24) is 14.8 Å². The fourth-order valence-electron chi connectivity index (χ4n) is 3.65. The van der Waals surface area contributed by atoms with E-state index in [2.05, 4.69) is 16.8 Å². The standard InChI is InChI=1S/C22H23N3O2/c1-2-24-10-12-25(13-11-24)22(27)19-5-3-4-16(15-19)17-6-7-20-18(14-17)8-9-23-21(20)26/h3-9,14-15H,2,10-13H2,1H3,(H,23,26). The van der Waals surface area contributed by atoms with Gasteiger partial charge in [0.15, 0.2) is 0 Å². The topological polar surface area (TPSA) is 56.4 Å². The van der Waals surface area contributed by atoms with Crippen LogP contribution in [0.15, 0.2) is 59.5 Å². The van der Waals surface area contributed by atoms with E-state index < -0.39 is 0 Å². The summed E-state index contributed by atoms with van der Waals surface area (Å²) in [5.41, 5.74) is 2.60. The second-order valence-electron chi connectivity index (χ2n) is 6.92. The van der Waals surface area contributed by atoms with Gasteiger partial charge in [-0.3, -0.25) is 9.59 Å². The SMILES string of the molecule is CCN1CCN(C(=O)c2cccc(-c3ccc4c(=O)[nH]ccc4c3)c2)CC1. The van der Waals surface area contributed by atoms with Crippen LogP contribution in [0.1, 0.15) is 17.3 Å². The highest BCUT2D eigenvalue weighted by molar-refractivity contribution is 5.96. The van der Waals surface area contributed by atoms with E-state index in [4.69, 9.17) is 0 Å². The van der Waals surface area contributed by atoms with Gasteiger partial charge in [-0.25, -0.2) is 0 Å². The second kappa shape index (κ2) is 7.37. The van der Waals surface area contributed by atoms with E-state index in [9.17, 15) is 9.59 Å². The molecule has 0 aliphatic carbocycles. The van der Waals surface area contributed by atoms with Crippen molar-refractivity contribution in [3.8, 4) is 11.1 Å². The largest absolute Gasteiger partial charge is 0.336 e. The molecule has 0 saturated carbocycles. The van der Waals surface area contributed by atoms with Gasteiger partial charge in [0.1, 0.15) is 0 Å². The molecule has 5 heteroatoms. The Morgan fingerprint density at radius 1 is 1.00 bits per heavy atom. The molecule has 1 N–H and O–H groups in total. The molecule has 1 aliphatic heterocycles. The Labute approximate surface area is 158 Å². The van der Waals surface area contributed by atoms with Gasteiger partial charge in [-0.1, -0.05) is 25.1 Å². The maximum atomic E-state index is 12.9. The molecular weight excluding hydrogens is 338 g/mol. The van der Waals surface area contributed by atoms with E-state index in [0.29, 0.717) is 10.9 Å². The fraction of sp³-hybridized carbons (Fsp3) is 0.273. The molecule has 138 valence electrons. The molecule has 0 atom stereocenters. The molecule has 1 saturated heterocycles. The molecule has 4 rings (SSSR count). The molecule has 1 aromatic heterocycles. The highest BCUT2D eigenvalue weighted by Gasteiger charge is 2.21. The quantitative estimate of drug-likeness (QED) is 0.780. The summed E-state index contributed by atoms with van der Waals surface area (Å²) in [6.45, 7) is 6.59. The van der Waals surface area contributed by atoms with Gasteiger partial charge >= 0.3 is 0 Å². The van der Waals surface area contributed by atoms with Crippen molar-refractivity contribution in [2.75, 3.05) is 32.7 Å². The first-order valence-electron chi connectivity index (χ1n) is 9.39. The Morgan fingerprint density at radius 2 is 1.78 bits per heavy atom. The summed E-state index contributed by atoms with van der Waals surface area (Å²) < 4.78 is 0. The Morgan fingerprint density at radius 3 is 2.56 bits per heavy atom. The number of hydrogen-bond acceptors (Lipinski definition) is 3. The second-order valence-corrected chi connectivity index (χ2v) is 6.92. The number of amides is 1. The van der Waals surface area contributed by atoms with Crippen molar-refractivity contribution < 1.29 is 4.79 Å². The summed E-state index contributed by atoms with van der Waals surface area (Å²) in [4.78, 5) is 31.8. The number of carbonyl (C=O) groups is 1. The molecule has 3 aromatic rings. The first-order chi connectivity index (χ1) is 13.2. The van der Waals surface area contributed by atoms with E-state index in [0.717, 1.165) is 49.2 Å². The van der Waals surface area contributed by atoms with Crippen molar-refractivity contribution in [3.05, 3.63) is 70.6 Å². The average Bonchev–Trinajstić information content (AvgIpc) is 2.73. The molecule has 0 spiro atoms. The van der Waals surface area contributed by atoms with Gasteiger partial charge in [0.2, 0.25) is 0 Å². The summed E-state index contributed by atoms with van der Waals surface area (Å²) >= 11 is 0. The number of piperazine rings is 1. The number of aromatic amines is 1. The van der Waals surface area contributed by atoms with Crippen molar-refractivity contribution >= 4 is 16.7 Å². The van der Waals surface area contributed by atoms with Crippen molar-refractivity contribution in [2.45, 2.75) is 6.92 Å². The molecule has 2 aromatic carbocycles. The van der Waals surface area contributed by atoms with Crippen molar-refractivity contribution in [3.63, 3.8) is 0 Å². The monoisotopic (exact) mass is 361 g/mol. The minimum Gasteiger partial charge on any atom is -0.336 e. The Hall–Kier alpha value is -2.92. The minimum atomic E-state index is -0.0887. The van der Waals surface area contributed by atoms with Crippen LogP contribution in [-0.4, -0.2) is 53.4 Å². The number of H-pyrrole nitrogens is 1. The Kier molecular flexibility index (Phi) is 4.77. The molecule has 1 aliphatic rings. The van der Waals surface area contributed by atoms with Crippen molar-refractivity contribution in [2.24, 2.45) is 0 Å². The molecule has 1 fully saturated rings. The number of fused-ring (bicyclic) bond motifs is 1. The highest BCUT2D eigenvalue weighted by atomic mass is 16.2. The van der Waals surface area contributed by atoms with Crippen LogP contribution in [0.3, 0.4) is 0 Å². The van der Waals surface area contributed by atoms with Crippen LogP contribution in [0.4, 0.5) is 0 Å². The minimum absolute atomic E-state index is 0.0878. The number of hydrogen-bond donors (Lipinski definition) is 1. The normalized spacial score (nSPS) is 15.2. The van der Waals surface area contributed by atoms with Crippen LogP contribution in [-0.2, 0) is 0 Å². The number of nitrogens with zero attached hydrogens (tertiary/aromatic N) is 2. The lowest BCUT2D eigenvalue weighted by atomic mass is 10.00. The van der Waals surface area contributed by atoms with E-state index in [1.807, 2.05) is 53.4 Å². The number of likely N-dealkylation sites (N-methyl/N-ethyl adjacent to an activating group) is 1. The molecule has 2 heterocycles. The van der Waals surface area contributed by atoms with E-state index in [1.54, 1.807) is 6.20 Å². The number of rotatable bonds is 3. The molecule has 0 bridgehead atoms. The molecule has 1 amide bonds. The van der Waals surface area contributed by atoms with Crippen LogP contribution in [0.5, 0.6) is 0 Å². The van der Waals surface area contributed by atoms with Gasteiger partial charge < -0.3 is 14.8 Å². The van der Waals surface area contributed by atoms with Crippen molar-refractivity contribution in [1.29, 1.82) is 0 Å². The van der Waals surface area contributed by atoms with E-state index >= 15 is 0 Å². The number of carbonyl (C=O) groups excluding carboxylic acids is 1. The maximum absolute atomic E-state index is 12.9. The summed E-state index contributed by atoms with van der Waals surface area (Å²) in [6.07, 6.45) is 1.66. The van der Waals surface area contributed by atoms with E-state index in [1.165, 1.54) is 0 Å². The molecule has 0 radical (unpaired) electrons. The van der Waals surface area contributed by atoms with Gasteiger partial charge in [0, 0.05) is 43.3 Å². The van der Waals surface area contributed by atoms with Crippen LogP contribution in [0.25, 0.3) is 21.9 Å². The smallest absolute Gasteiger partial charge is 0.255 e. The maximum Gasteiger partial charge on any atom is 0.255 e. The fourth-order valence-corrected chi connectivity index (χ4v) is 3.65. The van der Waals surface area contributed by atoms with Gasteiger partial charge in [0.25, 0.3) is 11.5 Å². The lowest BCUT2D eigenvalue weighted by molar-refractivity contribution is 0.0643. The molecular formula is C22H23N3O2. The van der Waals surface area contributed by atoms with Crippen LogP contribution in [0.2, 0.25) is 0 Å². The summed E-state index contributed by atoms with van der Waals surface area (Å²) in [6, 6.07) is 15.4. The number of nitrogens with one attached hydrogen (secondary N) is 1. The lowest BCUT2D eigenvalue weighted by Gasteiger charge is -2.34. The number of aromatic nitrogens is 1. The third-order valence-electron chi connectivity index (χ3n) is 5.32. The van der Waals surface area contributed by atoms with Crippen LogP contribution < -0.4 is 5.56 Å². The lowest BCUT2D eigenvalue weighted by Crippen LogP contribution is -2.48. The summed E-state index contributed by atoms with van der Waals surface area (Å²) in [5, 5.41) is 1.56. The average molecular weight is 361 g/mol. The van der Waals surface area contributed by atoms with Gasteiger partial charge in [0.05, 0.1) is 0 Å². The highest BCUT2D eigenvalue weighted by Crippen LogP contribution is 2.24. The zero-order chi connectivity index (χ0) is 18.8. The predicted octanol–water partition coefficient (Wildman–Crippen LogP) is 2.97. The summed E-state index contributed by atoms with van der Waals surface area (Å²) in [5.74, 6) is 0.0878. The van der Waals surface area contributed by atoms with Gasteiger partial charge in [-0.2, -0.15) is 0 Å². The summed E-state index contributed by atoms with van der Waals surface area (Å²) in [7, 11) is 0. The molecule has 0 unspecified atom stereocenters. The van der Waals surface area contributed by atoms with Gasteiger partial charge in [-0.05, 0) is 53.4 Å². The number of pyridine rings is 1. The van der Waals surface area contributed by atoms with Gasteiger partial charge in [-0.15, -0.1) is 0 Å². The third kappa shape index (κ3) is 3.51. The molecule has 27 heavy (non-hydrogen) atoms. The van der Waals surface area contributed by atoms with E-state index in [-0.39, 0.29) is 11.5 Å².